The summed E-state index contributed by atoms with van der Waals surface area (Å²) in [5, 5.41) is 2.52. The highest BCUT2D eigenvalue weighted by Crippen LogP contribution is 2.19. The van der Waals surface area contributed by atoms with E-state index in [-0.39, 0.29) is 30.7 Å². The van der Waals surface area contributed by atoms with E-state index in [1.54, 1.807) is 19.1 Å². The highest BCUT2D eigenvalue weighted by atomic mass is 19.1. The summed E-state index contributed by atoms with van der Waals surface area (Å²) >= 11 is 0. The molecule has 132 valence electrons. The molecule has 2 rings (SSSR count). The molecule has 2 aromatic carbocycles. The summed E-state index contributed by atoms with van der Waals surface area (Å²) in [6.45, 7) is 1.54. The Kier molecular flexibility index (Phi) is 6.05. The van der Waals surface area contributed by atoms with Crippen molar-refractivity contribution in [1.29, 1.82) is 0 Å². The van der Waals surface area contributed by atoms with Gasteiger partial charge < -0.3 is 15.8 Å². The maximum atomic E-state index is 13.5. The minimum atomic E-state index is -0.649. The number of hydrogen-bond donors (Lipinski definition) is 2. The van der Waals surface area contributed by atoms with Crippen LogP contribution in [-0.4, -0.2) is 25.0 Å². The topological polar surface area (TPSA) is 81.4 Å². The van der Waals surface area contributed by atoms with E-state index in [1.165, 1.54) is 12.1 Å². The number of carbonyl (C=O) groups is 2. The van der Waals surface area contributed by atoms with Crippen LogP contribution in [0.2, 0.25) is 0 Å². The van der Waals surface area contributed by atoms with Crippen molar-refractivity contribution in [3.8, 4) is 5.75 Å². The molecule has 0 heterocycles. The Bertz CT molecular complexity index is 774. The summed E-state index contributed by atoms with van der Waals surface area (Å²) in [6, 6.07) is 8.29. The van der Waals surface area contributed by atoms with Gasteiger partial charge in [0.2, 0.25) is 5.91 Å². The van der Waals surface area contributed by atoms with Gasteiger partial charge in [0.05, 0.1) is 0 Å². The summed E-state index contributed by atoms with van der Waals surface area (Å²) in [5.41, 5.74) is 6.14. The second-order valence-corrected chi connectivity index (χ2v) is 5.43. The predicted molar refractivity (Wildman–Crippen MR) is 88.3 cm³/mol. The fraction of sp³-hybridized carbons (Fsp3) is 0.222. The quantitative estimate of drug-likeness (QED) is 0.804. The van der Waals surface area contributed by atoms with Crippen LogP contribution in [0.5, 0.6) is 5.75 Å². The van der Waals surface area contributed by atoms with Gasteiger partial charge in [-0.05, 0) is 43.2 Å². The van der Waals surface area contributed by atoms with Gasteiger partial charge in [-0.25, -0.2) is 8.78 Å². The summed E-state index contributed by atoms with van der Waals surface area (Å²) in [6.07, 6.45) is 0.0282. The first-order valence-electron chi connectivity index (χ1n) is 7.61. The molecule has 0 aromatic heterocycles. The molecule has 0 saturated carbocycles. The normalized spacial score (nSPS) is 10.4. The Morgan fingerprint density at radius 3 is 2.48 bits per heavy atom. The van der Waals surface area contributed by atoms with Gasteiger partial charge in [-0.3, -0.25) is 9.59 Å². The molecule has 0 radical (unpaired) electrons. The lowest BCUT2D eigenvalue weighted by atomic mass is 10.1. The van der Waals surface area contributed by atoms with Crippen molar-refractivity contribution in [2.24, 2.45) is 5.73 Å². The van der Waals surface area contributed by atoms with Crippen LogP contribution < -0.4 is 15.8 Å². The smallest absolute Gasteiger partial charge is 0.257 e. The van der Waals surface area contributed by atoms with Gasteiger partial charge in [0, 0.05) is 17.7 Å². The second kappa shape index (κ2) is 8.23. The fourth-order valence-electron chi connectivity index (χ4n) is 2.20. The minimum Gasteiger partial charge on any atom is -0.483 e. The maximum absolute atomic E-state index is 13.5. The number of aryl methyl sites for hydroxylation is 1. The molecule has 5 nitrogen and oxygen atoms in total. The van der Waals surface area contributed by atoms with Gasteiger partial charge in [-0.2, -0.15) is 0 Å². The first-order chi connectivity index (χ1) is 11.9. The van der Waals surface area contributed by atoms with Crippen LogP contribution in [0.25, 0.3) is 0 Å². The maximum Gasteiger partial charge on any atom is 0.257 e. The van der Waals surface area contributed by atoms with Gasteiger partial charge in [-0.1, -0.05) is 12.1 Å². The number of primary amides is 1. The van der Waals surface area contributed by atoms with E-state index in [1.807, 2.05) is 0 Å². The fourth-order valence-corrected chi connectivity index (χ4v) is 2.20. The van der Waals surface area contributed by atoms with E-state index in [0.29, 0.717) is 5.75 Å². The Labute approximate surface area is 143 Å². The predicted octanol–water partition coefficient (Wildman–Crippen LogP) is 2.11. The van der Waals surface area contributed by atoms with Crippen molar-refractivity contribution in [2.45, 2.75) is 13.3 Å². The van der Waals surface area contributed by atoms with E-state index < -0.39 is 23.4 Å². The lowest BCUT2D eigenvalue weighted by Gasteiger charge is -2.11. The van der Waals surface area contributed by atoms with Crippen molar-refractivity contribution < 1.29 is 23.1 Å². The molecule has 0 spiro atoms. The van der Waals surface area contributed by atoms with E-state index in [2.05, 4.69) is 5.32 Å². The molecule has 7 heteroatoms. The molecule has 2 amide bonds. The molecule has 0 fully saturated rings. The Morgan fingerprint density at radius 2 is 1.84 bits per heavy atom. The monoisotopic (exact) mass is 348 g/mol. The number of carbonyl (C=O) groups excluding carboxylic acids is 2. The number of rotatable bonds is 7. The van der Waals surface area contributed by atoms with E-state index >= 15 is 0 Å². The molecular weight excluding hydrogens is 330 g/mol. The van der Waals surface area contributed by atoms with Crippen LogP contribution in [0.15, 0.2) is 36.4 Å². The van der Waals surface area contributed by atoms with Gasteiger partial charge in [0.25, 0.3) is 5.91 Å². The second-order valence-electron chi connectivity index (χ2n) is 5.43. The Hall–Kier alpha value is -2.96. The van der Waals surface area contributed by atoms with Crippen LogP contribution >= 0.6 is 0 Å². The summed E-state index contributed by atoms with van der Waals surface area (Å²) in [4.78, 5) is 23.0. The van der Waals surface area contributed by atoms with Crippen LogP contribution in [-0.2, 0) is 11.2 Å². The SMILES string of the molecule is Cc1ccc(C(N)=O)cc1OCC(=O)NCCc1c(F)cccc1F. The van der Waals surface area contributed by atoms with E-state index in [4.69, 9.17) is 10.5 Å². The zero-order valence-electron chi connectivity index (χ0n) is 13.6. The number of benzene rings is 2. The van der Waals surface area contributed by atoms with Crippen molar-refractivity contribution in [3.63, 3.8) is 0 Å². The highest BCUT2D eigenvalue weighted by molar-refractivity contribution is 5.93. The summed E-state index contributed by atoms with van der Waals surface area (Å²) in [5.74, 6) is -1.97. The van der Waals surface area contributed by atoms with E-state index in [9.17, 15) is 18.4 Å². The number of ether oxygens (including phenoxy) is 1. The minimum absolute atomic E-state index is 0.0282. The van der Waals surface area contributed by atoms with Crippen LogP contribution in [0, 0.1) is 18.6 Å². The lowest BCUT2D eigenvalue weighted by molar-refractivity contribution is -0.123. The third-order valence-corrected chi connectivity index (χ3v) is 3.59. The van der Waals surface area contributed by atoms with Crippen molar-refractivity contribution >= 4 is 11.8 Å². The van der Waals surface area contributed by atoms with Gasteiger partial charge >= 0.3 is 0 Å². The largest absolute Gasteiger partial charge is 0.483 e. The van der Waals surface area contributed by atoms with Gasteiger partial charge in [0.1, 0.15) is 17.4 Å². The molecule has 0 bridgehead atoms. The van der Waals surface area contributed by atoms with Crippen LogP contribution in [0.4, 0.5) is 8.78 Å². The van der Waals surface area contributed by atoms with Gasteiger partial charge in [0.15, 0.2) is 6.61 Å². The Balaban J connectivity index is 1.85. The standard InChI is InChI=1S/C18H18F2N2O3/c1-11-5-6-12(18(21)24)9-16(11)25-10-17(23)22-8-7-13-14(19)3-2-4-15(13)20/h2-6,9H,7-8,10H2,1H3,(H2,21,24)(H,22,23). The number of halogens is 2. The number of nitrogens with one attached hydrogen (secondary N) is 1. The zero-order valence-corrected chi connectivity index (χ0v) is 13.6. The van der Waals surface area contributed by atoms with Crippen LogP contribution in [0.3, 0.4) is 0 Å². The lowest BCUT2D eigenvalue weighted by Crippen LogP contribution is -2.31. The molecular formula is C18H18F2N2O3. The average Bonchev–Trinajstić information content (AvgIpc) is 2.56. The average molecular weight is 348 g/mol. The first kappa shape index (κ1) is 18.4. The zero-order chi connectivity index (χ0) is 18.4. The van der Waals surface area contributed by atoms with Crippen molar-refractivity contribution in [3.05, 3.63) is 64.7 Å². The number of nitrogens with two attached hydrogens (primary N) is 1. The third kappa shape index (κ3) is 5.00. The molecule has 0 aliphatic carbocycles. The molecule has 0 aliphatic rings. The van der Waals surface area contributed by atoms with E-state index in [0.717, 1.165) is 17.7 Å². The molecule has 0 aliphatic heterocycles. The highest BCUT2D eigenvalue weighted by Gasteiger charge is 2.10. The molecule has 0 saturated heterocycles. The molecule has 3 N–H and O–H groups in total. The Morgan fingerprint density at radius 1 is 1.16 bits per heavy atom. The molecule has 25 heavy (non-hydrogen) atoms. The van der Waals surface area contributed by atoms with Crippen molar-refractivity contribution in [2.75, 3.05) is 13.2 Å². The molecule has 0 unspecified atom stereocenters. The third-order valence-electron chi connectivity index (χ3n) is 3.59. The summed E-state index contributed by atoms with van der Waals surface area (Å²) < 4.78 is 32.3. The first-order valence-corrected chi connectivity index (χ1v) is 7.61. The summed E-state index contributed by atoms with van der Waals surface area (Å²) in [7, 11) is 0. The molecule has 0 atom stereocenters. The van der Waals surface area contributed by atoms with Crippen LogP contribution in [0.1, 0.15) is 21.5 Å². The number of hydrogen-bond acceptors (Lipinski definition) is 3. The number of amides is 2. The molecule has 2 aromatic rings. The van der Waals surface area contributed by atoms with Gasteiger partial charge in [-0.15, -0.1) is 0 Å². The van der Waals surface area contributed by atoms with Crippen molar-refractivity contribution in [1.82, 2.24) is 5.32 Å².